The smallest absolute Gasteiger partial charge is 0.511 e. The first-order chi connectivity index (χ1) is 22.8. The Morgan fingerprint density at radius 1 is 1.04 bits per heavy atom. The molecule has 268 valence electrons. The molecule has 15 nitrogen and oxygen atoms in total. The third kappa shape index (κ3) is 10.7. The van der Waals surface area contributed by atoms with Crippen LogP contribution in [0.25, 0.3) is 16.9 Å². The van der Waals surface area contributed by atoms with Crippen LogP contribution in [0.2, 0.25) is 0 Å². The Labute approximate surface area is 280 Å². The fourth-order valence-corrected chi connectivity index (χ4v) is 5.06. The Kier molecular flexibility index (Phi) is 12.4. The molecule has 0 radical (unpaired) electrons. The molecule has 0 fully saturated rings. The van der Waals surface area contributed by atoms with Crippen LogP contribution in [0.3, 0.4) is 0 Å². The fraction of sp³-hybridized carbons (Fsp3) is 0.433. The van der Waals surface area contributed by atoms with Gasteiger partial charge in [0.1, 0.15) is 12.6 Å². The summed E-state index contributed by atoms with van der Waals surface area (Å²) in [5, 5.41) is 20.5. The van der Waals surface area contributed by atoms with E-state index in [9.17, 15) is 36.4 Å². The Morgan fingerprint density at radius 2 is 1.65 bits per heavy atom. The molecule has 0 spiro atoms. The Balaban J connectivity index is 1.68. The number of aromatic nitrogens is 2. The van der Waals surface area contributed by atoms with E-state index in [1.165, 1.54) is 26.1 Å². The Hall–Kier alpha value is -5.07. The molecule has 0 aliphatic rings. The maximum atomic E-state index is 13.5. The maximum absolute atomic E-state index is 13.5. The third-order valence-electron chi connectivity index (χ3n) is 6.72. The van der Waals surface area contributed by atoms with Crippen LogP contribution in [0.4, 0.5) is 22.8 Å². The van der Waals surface area contributed by atoms with Gasteiger partial charge in [-0.05, 0) is 57.0 Å². The number of alkyl halides is 3. The van der Waals surface area contributed by atoms with Gasteiger partial charge in [0.2, 0.25) is 5.28 Å². The summed E-state index contributed by atoms with van der Waals surface area (Å²) in [6, 6.07) is 11.5. The highest BCUT2D eigenvalue weighted by atomic mass is 32.2. The van der Waals surface area contributed by atoms with Crippen molar-refractivity contribution < 1.29 is 55.2 Å². The number of nitrogens with one attached hydrogen (secondary N) is 1. The van der Waals surface area contributed by atoms with E-state index in [4.69, 9.17) is 19.0 Å². The standard InChI is InChI=1S/C30H37F3N6O9S/c1-18(2)26(37(7)39(42)36-48-21(6)47-29(41)46-19(3)4)17-45-28(40)35-49(43,44)24-14-12-23(13-15-24)38-25(16-27(34-38)30(31,32)33)22-10-8-20(5)9-11-22/h8-16,18-19,21,26H,17H2,1-7H3,(H,35,40)/b39-36-/t21?,26-/m1/s1. The zero-order chi connectivity index (χ0) is 36.7. The van der Waals surface area contributed by atoms with Crippen LogP contribution in [0.5, 0.6) is 0 Å². The highest BCUT2D eigenvalue weighted by Gasteiger charge is 2.35. The number of ether oxygens (including phenoxy) is 3. The molecule has 1 N–H and O–H groups in total. The lowest BCUT2D eigenvalue weighted by molar-refractivity contribution is -0.716. The quantitative estimate of drug-likeness (QED) is 0.0727. The van der Waals surface area contributed by atoms with Crippen molar-refractivity contribution in [2.75, 3.05) is 13.7 Å². The zero-order valence-electron chi connectivity index (χ0n) is 27.7. The average Bonchev–Trinajstić information content (AvgIpc) is 3.46. The minimum atomic E-state index is -4.73. The molecule has 0 saturated carbocycles. The molecule has 19 heteroatoms. The number of carbonyl (C=O) groups excluding carboxylic acids is 2. The van der Waals surface area contributed by atoms with Crippen molar-refractivity contribution in [3.8, 4) is 16.9 Å². The molecule has 0 bridgehead atoms. The Bertz CT molecular complexity index is 1730. The summed E-state index contributed by atoms with van der Waals surface area (Å²) in [6.07, 6.45) is -8.83. The molecule has 3 aromatic rings. The van der Waals surface area contributed by atoms with Crippen molar-refractivity contribution >= 4 is 22.3 Å². The van der Waals surface area contributed by atoms with E-state index in [0.717, 1.165) is 33.5 Å². The predicted molar refractivity (Wildman–Crippen MR) is 166 cm³/mol. The molecule has 1 amide bonds. The molecule has 0 aliphatic heterocycles. The van der Waals surface area contributed by atoms with Crippen LogP contribution < -0.4 is 4.72 Å². The van der Waals surface area contributed by atoms with E-state index >= 15 is 0 Å². The van der Waals surface area contributed by atoms with Crippen LogP contribution >= 0.6 is 0 Å². The summed E-state index contributed by atoms with van der Waals surface area (Å²) in [5.41, 5.74) is 0.467. The van der Waals surface area contributed by atoms with Gasteiger partial charge in [0.15, 0.2) is 5.69 Å². The SMILES string of the molecule is Cc1ccc(-c2cc(C(F)(F)F)nn2-c2ccc(S(=O)(=O)NC(=O)OC[C@H](C(C)C)N(C)/[N+]([O-])=N/OC(C)OC(=O)OC(C)C)cc2)cc1. The molecule has 0 saturated heterocycles. The van der Waals surface area contributed by atoms with Gasteiger partial charge in [-0.25, -0.2) is 27.4 Å². The number of carbonyl (C=O) groups is 2. The lowest BCUT2D eigenvalue weighted by Gasteiger charge is -2.26. The summed E-state index contributed by atoms with van der Waals surface area (Å²) >= 11 is 0. The summed E-state index contributed by atoms with van der Waals surface area (Å²) in [5.74, 6) is -0.326. The van der Waals surface area contributed by atoms with Crippen molar-refractivity contribution in [3.63, 3.8) is 0 Å². The van der Waals surface area contributed by atoms with Gasteiger partial charge >= 0.3 is 18.4 Å². The number of benzene rings is 2. The molecule has 49 heavy (non-hydrogen) atoms. The van der Waals surface area contributed by atoms with E-state index in [0.29, 0.717) is 5.56 Å². The molecule has 2 atom stereocenters. The largest absolute Gasteiger partial charge is 0.569 e. The molecule has 1 unspecified atom stereocenters. The molecular formula is C30H37F3N6O9S. The monoisotopic (exact) mass is 714 g/mol. The molecule has 1 aromatic heterocycles. The van der Waals surface area contributed by atoms with Gasteiger partial charge in [-0.3, -0.25) is 4.84 Å². The number of amides is 1. The van der Waals surface area contributed by atoms with Crippen LogP contribution in [-0.2, 0) is 35.2 Å². The van der Waals surface area contributed by atoms with Gasteiger partial charge in [-0.1, -0.05) is 43.7 Å². The summed E-state index contributed by atoms with van der Waals surface area (Å²) in [4.78, 5) is 28.5. The van der Waals surface area contributed by atoms with Gasteiger partial charge in [0, 0.05) is 12.5 Å². The lowest BCUT2D eigenvalue weighted by Crippen LogP contribution is -2.45. The molecule has 3 rings (SSSR count). The van der Waals surface area contributed by atoms with Crippen LogP contribution in [0.1, 0.15) is 45.9 Å². The van der Waals surface area contributed by atoms with E-state index in [-0.39, 0.29) is 27.2 Å². The third-order valence-corrected chi connectivity index (χ3v) is 8.05. The number of hydrogen-bond acceptors (Lipinski definition) is 11. The fourth-order valence-electron chi connectivity index (χ4n) is 4.17. The van der Waals surface area contributed by atoms with Gasteiger partial charge in [-0.2, -0.15) is 18.3 Å². The minimum Gasteiger partial charge on any atom is -0.569 e. The highest BCUT2D eigenvalue weighted by Crippen LogP contribution is 2.33. The number of halogens is 3. The number of sulfonamides is 1. The van der Waals surface area contributed by atoms with Crippen molar-refractivity contribution in [1.29, 1.82) is 0 Å². The number of rotatable bonds is 13. The van der Waals surface area contributed by atoms with Crippen molar-refractivity contribution in [2.45, 2.75) is 71.1 Å². The number of aryl methyl sites for hydroxylation is 1. The first-order valence-electron chi connectivity index (χ1n) is 14.8. The summed E-state index contributed by atoms with van der Waals surface area (Å²) in [6.45, 7) is 9.28. The highest BCUT2D eigenvalue weighted by molar-refractivity contribution is 7.90. The zero-order valence-corrected chi connectivity index (χ0v) is 28.5. The normalized spacial score (nSPS) is 13.5. The van der Waals surface area contributed by atoms with Crippen molar-refractivity contribution in [3.05, 3.63) is 71.1 Å². The van der Waals surface area contributed by atoms with Gasteiger partial charge in [0.05, 0.1) is 34.4 Å². The van der Waals surface area contributed by atoms with Crippen LogP contribution in [-0.4, -0.2) is 72.5 Å². The van der Waals surface area contributed by atoms with E-state index in [1.54, 1.807) is 56.7 Å². The van der Waals surface area contributed by atoms with E-state index in [1.807, 2.05) is 6.92 Å². The maximum Gasteiger partial charge on any atom is 0.511 e. The molecule has 0 aliphatic carbocycles. The topological polar surface area (TPSA) is 177 Å². The van der Waals surface area contributed by atoms with Gasteiger partial charge in [-0.15, -0.1) is 5.01 Å². The first-order valence-corrected chi connectivity index (χ1v) is 16.2. The summed E-state index contributed by atoms with van der Waals surface area (Å²) in [7, 11) is -3.18. The second-order valence-corrected chi connectivity index (χ2v) is 13.0. The van der Waals surface area contributed by atoms with Gasteiger partial charge in [0.25, 0.3) is 16.3 Å². The van der Waals surface area contributed by atoms with Crippen molar-refractivity contribution in [1.82, 2.24) is 19.5 Å². The van der Waals surface area contributed by atoms with E-state index < -0.39 is 59.2 Å². The number of likely N-dealkylation sites (N-methyl/N-ethyl adjacent to an activating group) is 1. The van der Waals surface area contributed by atoms with E-state index in [2.05, 4.69) is 10.4 Å². The number of hydrazine groups is 1. The minimum absolute atomic E-state index is 0.0272. The number of nitrogens with zero attached hydrogens (tertiary/aromatic N) is 5. The predicted octanol–water partition coefficient (Wildman–Crippen LogP) is 5.95. The Morgan fingerprint density at radius 3 is 2.20 bits per heavy atom. The molecular weight excluding hydrogens is 677 g/mol. The molecule has 1 heterocycles. The lowest BCUT2D eigenvalue weighted by atomic mass is 10.1. The molecule has 2 aromatic carbocycles. The van der Waals surface area contributed by atoms with Crippen molar-refractivity contribution in [2.24, 2.45) is 11.2 Å². The summed E-state index contributed by atoms with van der Waals surface area (Å²) < 4.78 is 83.9. The van der Waals surface area contributed by atoms with Crippen LogP contribution in [0, 0.1) is 18.0 Å². The number of hydrogen-bond donors (Lipinski definition) is 1. The van der Waals surface area contributed by atoms with Crippen LogP contribution in [0.15, 0.2) is 64.8 Å². The first kappa shape index (κ1) is 38.4. The second-order valence-electron chi connectivity index (χ2n) is 11.3. The second kappa shape index (κ2) is 15.9. The average molecular weight is 715 g/mol. The van der Waals surface area contributed by atoms with Gasteiger partial charge < -0.3 is 19.4 Å².